The van der Waals surface area contributed by atoms with Crippen LogP contribution >= 0.6 is 0 Å². The molecule has 8 heteroatoms. The fraction of sp³-hybridized carbons (Fsp3) is 0.571. The quantitative estimate of drug-likeness (QED) is 0.767. The summed E-state index contributed by atoms with van der Waals surface area (Å²) in [5, 5.41) is -0.191. The third-order valence-corrected chi connectivity index (χ3v) is 6.29. The Kier molecular flexibility index (Phi) is 4.30. The van der Waals surface area contributed by atoms with Crippen LogP contribution in [0, 0.1) is 0 Å². The van der Waals surface area contributed by atoms with Crippen LogP contribution in [0.3, 0.4) is 0 Å². The van der Waals surface area contributed by atoms with Crippen molar-refractivity contribution in [3.8, 4) is 5.75 Å². The third-order valence-electron chi connectivity index (χ3n) is 3.89. The maximum atomic E-state index is 12.1. The molecule has 7 nitrogen and oxygen atoms in total. The lowest BCUT2D eigenvalue weighted by Crippen LogP contribution is -2.52. The number of amides is 1. The predicted molar refractivity (Wildman–Crippen MR) is 79.8 cm³/mol. The van der Waals surface area contributed by atoms with Crippen molar-refractivity contribution in [2.75, 3.05) is 32.8 Å². The molecule has 3 rings (SSSR count). The van der Waals surface area contributed by atoms with E-state index in [0.717, 1.165) is 12.8 Å². The molecule has 1 aliphatic carbocycles. The smallest absolute Gasteiger partial charge is 0.260 e. The summed E-state index contributed by atoms with van der Waals surface area (Å²) in [6, 6.07) is 3.47. The van der Waals surface area contributed by atoms with E-state index in [1.807, 2.05) is 0 Å². The van der Waals surface area contributed by atoms with Crippen LogP contribution < -0.4 is 4.74 Å². The topological polar surface area (TPSA) is 79.8 Å². The average molecular weight is 325 g/mol. The Balaban J connectivity index is 1.47. The van der Waals surface area contributed by atoms with E-state index in [1.54, 1.807) is 29.4 Å². The van der Waals surface area contributed by atoms with E-state index in [9.17, 15) is 13.2 Å². The normalized spacial score (nSPS) is 19.9. The van der Waals surface area contributed by atoms with Crippen LogP contribution in [0.4, 0.5) is 0 Å². The van der Waals surface area contributed by atoms with E-state index in [4.69, 9.17) is 4.74 Å². The molecule has 0 aromatic carbocycles. The first-order valence-electron chi connectivity index (χ1n) is 7.37. The molecule has 0 unspecified atom stereocenters. The van der Waals surface area contributed by atoms with Gasteiger partial charge in [0.2, 0.25) is 10.0 Å². The maximum Gasteiger partial charge on any atom is 0.260 e. The van der Waals surface area contributed by atoms with Crippen molar-refractivity contribution in [1.82, 2.24) is 14.2 Å². The van der Waals surface area contributed by atoms with Crippen molar-refractivity contribution in [3.63, 3.8) is 0 Å². The molecule has 1 aromatic heterocycles. The van der Waals surface area contributed by atoms with E-state index in [-0.39, 0.29) is 17.8 Å². The van der Waals surface area contributed by atoms with Gasteiger partial charge in [0.25, 0.3) is 5.91 Å². The highest BCUT2D eigenvalue weighted by Gasteiger charge is 2.41. The first-order chi connectivity index (χ1) is 10.6. The molecule has 2 fully saturated rings. The van der Waals surface area contributed by atoms with E-state index < -0.39 is 10.0 Å². The SMILES string of the molecule is O=C(COc1cccnc1)N1CCN(S(=O)(=O)C2CC2)CC1. The van der Waals surface area contributed by atoms with Crippen molar-refractivity contribution in [2.24, 2.45) is 0 Å². The Bertz CT molecular complexity index is 623. The summed E-state index contributed by atoms with van der Waals surface area (Å²) in [4.78, 5) is 17.6. The molecule has 1 saturated heterocycles. The number of hydrogen-bond acceptors (Lipinski definition) is 5. The molecule has 2 heterocycles. The zero-order valence-corrected chi connectivity index (χ0v) is 13.0. The zero-order chi connectivity index (χ0) is 15.6. The second kappa shape index (κ2) is 6.21. The van der Waals surface area contributed by atoms with Gasteiger partial charge < -0.3 is 9.64 Å². The van der Waals surface area contributed by atoms with Crippen LogP contribution in [0.15, 0.2) is 24.5 Å². The van der Waals surface area contributed by atoms with Crippen LogP contribution in [0.5, 0.6) is 5.75 Å². The predicted octanol–water partition coefficient (Wildman–Crippen LogP) is 0.0968. The summed E-state index contributed by atoms with van der Waals surface area (Å²) < 4.78 is 31.1. The molecular weight excluding hydrogens is 306 g/mol. The van der Waals surface area contributed by atoms with Crippen molar-refractivity contribution < 1.29 is 17.9 Å². The van der Waals surface area contributed by atoms with Crippen molar-refractivity contribution in [1.29, 1.82) is 0 Å². The van der Waals surface area contributed by atoms with Gasteiger partial charge in [-0.05, 0) is 25.0 Å². The lowest BCUT2D eigenvalue weighted by Gasteiger charge is -2.34. The number of nitrogens with zero attached hydrogens (tertiary/aromatic N) is 3. The van der Waals surface area contributed by atoms with Gasteiger partial charge in [-0.2, -0.15) is 4.31 Å². The molecule has 0 atom stereocenters. The summed E-state index contributed by atoms with van der Waals surface area (Å²) in [6.07, 6.45) is 4.71. The molecule has 0 radical (unpaired) electrons. The van der Waals surface area contributed by atoms with Gasteiger partial charge in [-0.15, -0.1) is 0 Å². The monoisotopic (exact) mass is 325 g/mol. The van der Waals surface area contributed by atoms with Gasteiger partial charge in [0.05, 0.1) is 11.4 Å². The Labute approximate surface area is 129 Å². The lowest BCUT2D eigenvalue weighted by molar-refractivity contribution is -0.134. The average Bonchev–Trinajstić information content (AvgIpc) is 3.39. The van der Waals surface area contributed by atoms with Crippen LogP contribution in [0.1, 0.15) is 12.8 Å². The Morgan fingerprint density at radius 2 is 2.00 bits per heavy atom. The van der Waals surface area contributed by atoms with Crippen molar-refractivity contribution in [2.45, 2.75) is 18.1 Å². The summed E-state index contributed by atoms with van der Waals surface area (Å²) in [6.45, 7) is 1.53. The van der Waals surface area contributed by atoms with Gasteiger partial charge in [-0.1, -0.05) is 0 Å². The number of aromatic nitrogens is 1. The molecule has 1 aliphatic heterocycles. The number of sulfonamides is 1. The van der Waals surface area contributed by atoms with Gasteiger partial charge in [-0.25, -0.2) is 8.42 Å². The molecule has 22 heavy (non-hydrogen) atoms. The Morgan fingerprint density at radius 1 is 1.27 bits per heavy atom. The second-order valence-electron chi connectivity index (χ2n) is 5.50. The van der Waals surface area contributed by atoms with Crippen LogP contribution in [0.25, 0.3) is 0 Å². The van der Waals surface area contributed by atoms with Crippen LogP contribution in [-0.2, 0) is 14.8 Å². The summed E-state index contributed by atoms with van der Waals surface area (Å²) in [5.74, 6) is 0.415. The fourth-order valence-electron chi connectivity index (χ4n) is 2.44. The minimum absolute atomic E-state index is 0.0545. The number of carbonyl (C=O) groups excluding carboxylic acids is 1. The fourth-order valence-corrected chi connectivity index (χ4v) is 4.26. The molecular formula is C14H19N3O4S. The first kappa shape index (κ1) is 15.2. The van der Waals surface area contributed by atoms with Crippen molar-refractivity contribution in [3.05, 3.63) is 24.5 Å². The minimum atomic E-state index is -3.14. The molecule has 0 bridgehead atoms. The molecule has 0 N–H and O–H groups in total. The van der Waals surface area contributed by atoms with Gasteiger partial charge >= 0.3 is 0 Å². The zero-order valence-electron chi connectivity index (χ0n) is 12.2. The highest BCUT2D eigenvalue weighted by atomic mass is 32.2. The lowest BCUT2D eigenvalue weighted by atomic mass is 10.3. The van der Waals surface area contributed by atoms with E-state index in [2.05, 4.69) is 4.98 Å². The number of hydrogen-bond donors (Lipinski definition) is 0. The third kappa shape index (κ3) is 3.38. The number of pyridine rings is 1. The van der Waals surface area contributed by atoms with E-state index in [1.165, 1.54) is 4.31 Å². The minimum Gasteiger partial charge on any atom is -0.482 e. The van der Waals surface area contributed by atoms with E-state index >= 15 is 0 Å². The van der Waals surface area contributed by atoms with Crippen LogP contribution in [-0.4, -0.2) is 66.5 Å². The number of ether oxygens (including phenoxy) is 1. The maximum absolute atomic E-state index is 12.1. The Morgan fingerprint density at radius 3 is 2.59 bits per heavy atom. The molecule has 1 amide bonds. The summed E-state index contributed by atoms with van der Waals surface area (Å²) in [5.41, 5.74) is 0. The molecule has 120 valence electrons. The highest BCUT2D eigenvalue weighted by molar-refractivity contribution is 7.90. The second-order valence-corrected chi connectivity index (χ2v) is 7.71. The van der Waals surface area contributed by atoms with Gasteiger partial charge in [-0.3, -0.25) is 9.78 Å². The number of rotatable bonds is 5. The van der Waals surface area contributed by atoms with Gasteiger partial charge in [0, 0.05) is 32.4 Å². The number of piperazine rings is 1. The summed E-state index contributed by atoms with van der Waals surface area (Å²) in [7, 11) is -3.14. The van der Waals surface area contributed by atoms with Gasteiger partial charge in [0.1, 0.15) is 5.75 Å². The highest BCUT2D eigenvalue weighted by Crippen LogP contribution is 2.31. The Hall–Kier alpha value is -1.67. The van der Waals surface area contributed by atoms with E-state index in [0.29, 0.717) is 31.9 Å². The number of carbonyl (C=O) groups is 1. The first-order valence-corrected chi connectivity index (χ1v) is 8.87. The molecule has 1 saturated carbocycles. The van der Waals surface area contributed by atoms with Gasteiger partial charge in [0.15, 0.2) is 6.61 Å². The standard InChI is InChI=1S/C14H19N3O4S/c18-14(11-21-12-2-1-5-15-10-12)16-6-8-17(9-7-16)22(19,20)13-3-4-13/h1-2,5,10,13H,3-4,6-9,11H2. The molecule has 1 aromatic rings. The summed E-state index contributed by atoms with van der Waals surface area (Å²) >= 11 is 0. The largest absolute Gasteiger partial charge is 0.482 e. The molecule has 2 aliphatic rings. The molecule has 0 spiro atoms. The van der Waals surface area contributed by atoms with Crippen LogP contribution in [0.2, 0.25) is 0 Å². The van der Waals surface area contributed by atoms with Crippen molar-refractivity contribution >= 4 is 15.9 Å².